The van der Waals surface area contributed by atoms with Crippen molar-refractivity contribution in [2.45, 2.75) is 118 Å². The summed E-state index contributed by atoms with van der Waals surface area (Å²) < 4.78 is 86.4. The largest absolute Gasteiger partial charge is 0.457 e. The summed E-state index contributed by atoms with van der Waals surface area (Å²) in [6.07, 6.45) is 14.6. The summed E-state index contributed by atoms with van der Waals surface area (Å²) in [6.45, 7) is 11.1. The molecule has 0 amide bonds. The number of hydrogen-bond donors (Lipinski definition) is 4. The highest BCUT2D eigenvalue weighted by molar-refractivity contribution is 7.94. The summed E-state index contributed by atoms with van der Waals surface area (Å²) >= 11 is 1.88. The Kier molecular flexibility index (Phi) is 17.5. The number of rotatable bonds is 23. The van der Waals surface area contributed by atoms with Crippen LogP contribution in [0.25, 0.3) is 0 Å². The van der Waals surface area contributed by atoms with Crippen LogP contribution >= 0.6 is 24.1 Å². The lowest BCUT2D eigenvalue weighted by atomic mass is 9.81. The molecule has 2 heterocycles. The minimum Gasteiger partial charge on any atom is -0.457 e. The molecular formula is C47H57N2O14S4+. The number of hydrogen-bond acceptors (Lipinski definition) is 15. The molecule has 3 aromatic carbocycles. The Morgan fingerprint density at radius 2 is 1.51 bits per heavy atom. The number of allylic oxidation sites excluding steroid dienone is 7. The maximum atomic E-state index is 12.3. The third kappa shape index (κ3) is 12.7. The monoisotopic (exact) mass is 1000 g/mol. The molecule has 0 bridgehead atoms. The highest BCUT2D eigenvalue weighted by Crippen LogP contribution is 2.49. The van der Waals surface area contributed by atoms with Crippen LogP contribution < -0.4 is 9.64 Å². The molecule has 0 radical (unpaired) electrons. The second-order valence-electron chi connectivity index (χ2n) is 17.5. The lowest BCUT2D eigenvalue weighted by Gasteiger charge is -2.27. The molecule has 16 nitrogen and oxygen atoms in total. The highest BCUT2D eigenvalue weighted by Gasteiger charge is 2.45. The fourth-order valence-corrected chi connectivity index (χ4v) is 10.7. The van der Waals surface area contributed by atoms with Gasteiger partial charge in [-0.2, -0.15) is 21.4 Å². The average molecular weight is 1000 g/mol. The molecule has 0 atom stereocenters. The topological polar surface area (TPSA) is 219 Å². The van der Waals surface area contributed by atoms with Crippen molar-refractivity contribution in [3.63, 3.8) is 0 Å². The highest BCUT2D eigenvalue weighted by atomic mass is 32.2. The van der Waals surface area contributed by atoms with Crippen LogP contribution in [0.5, 0.6) is 5.75 Å². The van der Waals surface area contributed by atoms with Crippen LogP contribution in [0.3, 0.4) is 0 Å². The van der Waals surface area contributed by atoms with Gasteiger partial charge in [0.2, 0.25) is 5.69 Å². The van der Waals surface area contributed by atoms with Gasteiger partial charge in [0.1, 0.15) is 23.8 Å². The molecule has 0 saturated carbocycles. The van der Waals surface area contributed by atoms with Crippen molar-refractivity contribution in [2.75, 3.05) is 23.7 Å². The normalized spacial score (nSPS) is 18.1. The van der Waals surface area contributed by atoms with Crippen molar-refractivity contribution in [2.24, 2.45) is 0 Å². The van der Waals surface area contributed by atoms with Crippen LogP contribution in [0.1, 0.15) is 104 Å². The third-order valence-corrected chi connectivity index (χ3v) is 15.1. The van der Waals surface area contributed by atoms with Gasteiger partial charge in [0, 0.05) is 76.6 Å². The van der Waals surface area contributed by atoms with Gasteiger partial charge in [-0.3, -0.25) is 9.11 Å². The van der Waals surface area contributed by atoms with Crippen LogP contribution in [-0.2, 0) is 54.6 Å². The van der Waals surface area contributed by atoms with Gasteiger partial charge in [0.15, 0.2) is 5.71 Å². The molecule has 362 valence electrons. The van der Waals surface area contributed by atoms with E-state index < -0.39 is 31.1 Å². The summed E-state index contributed by atoms with van der Waals surface area (Å²) in [5.74, 6) is 1.64. The number of unbranched alkanes of at least 4 members (excludes halogenated alkanes) is 3. The van der Waals surface area contributed by atoms with Crippen LogP contribution in [0.4, 0.5) is 11.4 Å². The van der Waals surface area contributed by atoms with Gasteiger partial charge < -0.3 is 14.4 Å². The molecule has 1 aliphatic carbocycles. The molecule has 0 fully saturated rings. The lowest BCUT2D eigenvalue weighted by molar-refractivity contribution is -0.438. The van der Waals surface area contributed by atoms with Crippen molar-refractivity contribution in [3.05, 3.63) is 119 Å². The summed E-state index contributed by atoms with van der Waals surface area (Å²) in [6, 6.07) is 16.1. The molecule has 67 heavy (non-hydrogen) atoms. The summed E-state index contributed by atoms with van der Waals surface area (Å²) in [4.78, 5) is 14.1. The number of benzene rings is 3. The lowest BCUT2D eigenvalue weighted by Crippen LogP contribution is -2.28. The fourth-order valence-electron chi connectivity index (χ4n) is 8.87. The zero-order valence-electron chi connectivity index (χ0n) is 38.0. The van der Waals surface area contributed by atoms with E-state index in [2.05, 4.69) is 49.9 Å². The van der Waals surface area contributed by atoms with Gasteiger partial charge in [-0.05, 0) is 143 Å². The summed E-state index contributed by atoms with van der Waals surface area (Å²) in [5, 5.41) is 25.0. The second kappa shape index (κ2) is 22.5. The van der Waals surface area contributed by atoms with Crippen molar-refractivity contribution >= 4 is 67.2 Å². The Morgan fingerprint density at radius 1 is 0.791 bits per heavy atom. The summed E-state index contributed by atoms with van der Waals surface area (Å²) in [7, 11) is -8.93. The number of Topliss-reactive ketones (excluding diaryl/α,β-unsaturated/α-hetero) is 1. The van der Waals surface area contributed by atoms with Gasteiger partial charge >= 0.3 is 0 Å². The van der Waals surface area contributed by atoms with E-state index >= 15 is 0 Å². The van der Waals surface area contributed by atoms with Gasteiger partial charge in [-0.1, -0.05) is 36.4 Å². The second-order valence-corrected chi connectivity index (χ2v) is 21.9. The van der Waals surface area contributed by atoms with Crippen LogP contribution in [0.15, 0.2) is 122 Å². The van der Waals surface area contributed by atoms with Crippen LogP contribution in [0.2, 0.25) is 0 Å². The summed E-state index contributed by atoms with van der Waals surface area (Å²) in [5.41, 5.74) is 6.01. The number of ether oxygens (including phenoxy) is 1. The van der Waals surface area contributed by atoms with E-state index in [0.29, 0.717) is 49.6 Å². The van der Waals surface area contributed by atoms with Crippen LogP contribution in [-0.4, -0.2) is 71.4 Å². The van der Waals surface area contributed by atoms with Crippen molar-refractivity contribution in [1.29, 1.82) is 0 Å². The Labute approximate surface area is 400 Å². The van der Waals surface area contributed by atoms with Gasteiger partial charge in [0.25, 0.3) is 20.2 Å². The standard InChI is InChI=1S/C47H56N2O14S4/c1-32(50)12-7-6-8-27-48-42-24-22-38(67(56,57)58)31-40(42)47(4,5)44(48)26-16-34-14-11-13-33(45(34)59-35-17-20-37(21-18-35)66(53,54)55)15-25-43-46(2,3)39-30-36(65-63-61-52)19-23-41(39)49(43)28-9-10-29-64-62-60-51/h15-26,30-31H,6-14,27-29H2,1-5H3,(H3-,51,52,53,54,55,56,57,58)/p+1. The number of carbonyl (C=O) groups is 1. The van der Waals surface area contributed by atoms with Gasteiger partial charge in [-0.25, -0.2) is 10.5 Å². The SMILES string of the molecule is CC(=O)CCCCCN1/C(=C/C=C2\CCCC(/C=C/C3=[N+](CCCCSOOO)c4ccc(SOOO)cc4C3(C)C)=C2Oc2ccc(S(=O)(=O)O)cc2)C(C)(C)c2cc(S(=O)(=O)O)ccc21. The van der Waals surface area contributed by atoms with Crippen molar-refractivity contribution in [1.82, 2.24) is 0 Å². The molecule has 2 aliphatic heterocycles. The van der Waals surface area contributed by atoms with E-state index in [0.717, 1.165) is 113 Å². The Morgan fingerprint density at radius 3 is 2.19 bits per heavy atom. The molecule has 0 spiro atoms. The Balaban J connectivity index is 1.45. The predicted molar refractivity (Wildman–Crippen MR) is 255 cm³/mol. The number of ketones is 1. The molecule has 4 N–H and O–H groups in total. The van der Waals surface area contributed by atoms with E-state index in [-0.39, 0.29) is 15.6 Å². The minimum atomic E-state index is -4.48. The first-order chi connectivity index (χ1) is 31.8. The zero-order chi connectivity index (χ0) is 48.6. The van der Waals surface area contributed by atoms with Gasteiger partial charge in [0.05, 0.1) is 27.2 Å². The fraction of sp³-hybridized carbons (Fsp3) is 0.404. The first-order valence-corrected chi connectivity index (χ1v) is 26.3. The molecule has 0 aromatic heterocycles. The van der Waals surface area contributed by atoms with Gasteiger partial charge in [-0.15, -0.1) is 8.67 Å². The first-order valence-electron chi connectivity index (χ1n) is 21.8. The van der Waals surface area contributed by atoms with E-state index in [1.165, 1.54) is 36.4 Å². The Hall–Kier alpha value is -4.16. The molecule has 0 saturated heterocycles. The van der Waals surface area contributed by atoms with Crippen molar-refractivity contribution < 1.29 is 69.3 Å². The maximum Gasteiger partial charge on any atom is 0.294 e. The molecule has 6 rings (SSSR count). The number of nitrogens with zero attached hydrogens (tertiary/aromatic N) is 2. The molecule has 20 heteroatoms. The molecule has 0 unspecified atom stereocenters. The Bertz CT molecular complexity index is 2690. The molecule has 3 aromatic rings. The third-order valence-electron chi connectivity index (χ3n) is 12.2. The van der Waals surface area contributed by atoms with E-state index in [9.17, 15) is 30.7 Å². The number of anilines is 1. The average Bonchev–Trinajstić information content (AvgIpc) is 3.62. The smallest absolute Gasteiger partial charge is 0.294 e. The molecular weight excluding hydrogens is 945 g/mol. The quantitative estimate of drug-likeness (QED) is 0.0173. The predicted octanol–water partition coefficient (Wildman–Crippen LogP) is 10.7. The van der Waals surface area contributed by atoms with E-state index in [4.69, 9.17) is 19.6 Å². The van der Waals surface area contributed by atoms with E-state index in [1.54, 1.807) is 13.0 Å². The van der Waals surface area contributed by atoms with E-state index in [1.807, 2.05) is 44.2 Å². The maximum absolute atomic E-state index is 12.3. The number of carbonyl (C=O) groups excluding carboxylic acids is 1. The minimum absolute atomic E-state index is 0.134. The number of fused-ring (bicyclic) bond motifs is 2. The van der Waals surface area contributed by atoms with Crippen molar-refractivity contribution in [3.8, 4) is 5.75 Å². The zero-order valence-corrected chi connectivity index (χ0v) is 41.2. The molecule has 3 aliphatic rings. The van der Waals surface area contributed by atoms with Crippen LogP contribution in [0, 0.1) is 0 Å². The first kappa shape index (κ1) is 52.2.